The fourth-order valence-electron chi connectivity index (χ4n) is 3.33. The van der Waals surface area contributed by atoms with Gasteiger partial charge < -0.3 is 5.32 Å². The Bertz CT molecular complexity index is 1130. The zero-order valence-electron chi connectivity index (χ0n) is 15.8. The summed E-state index contributed by atoms with van der Waals surface area (Å²) in [6.45, 7) is 1.70. The van der Waals surface area contributed by atoms with Crippen LogP contribution in [0.5, 0.6) is 0 Å². The van der Waals surface area contributed by atoms with Crippen LogP contribution in [0.25, 0.3) is 0 Å². The molecule has 154 valence electrons. The number of anilines is 1. The summed E-state index contributed by atoms with van der Waals surface area (Å²) in [5.74, 6) is -2.49. The lowest BCUT2D eigenvalue weighted by Gasteiger charge is -2.26. The van der Waals surface area contributed by atoms with Gasteiger partial charge in [0.2, 0.25) is 5.96 Å². The molecule has 0 fully saturated rings. The summed E-state index contributed by atoms with van der Waals surface area (Å²) in [6, 6.07) is 12.5. The van der Waals surface area contributed by atoms with E-state index in [1.165, 1.54) is 30.1 Å². The highest BCUT2D eigenvalue weighted by molar-refractivity contribution is 7.98. The maximum absolute atomic E-state index is 14.8. The average molecular weight is 431 g/mol. The normalized spacial score (nSPS) is 15.3. The summed E-state index contributed by atoms with van der Waals surface area (Å²) >= 11 is 1.22. The molecule has 0 bridgehead atoms. The van der Waals surface area contributed by atoms with E-state index in [1.54, 1.807) is 31.2 Å². The van der Waals surface area contributed by atoms with Crippen molar-refractivity contribution in [2.45, 2.75) is 24.3 Å². The third-order valence-corrected chi connectivity index (χ3v) is 5.74. The first kappa shape index (κ1) is 20.3. The third kappa shape index (κ3) is 4.00. The molecular weight excluding hydrogens is 414 g/mol. The molecule has 3 nitrogen and oxygen atoms in total. The lowest BCUT2D eigenvalue weighted by molar-refractivity contribution is 0.572. The second-order valence-electron chi connectivity index (χ2n) is 6.81. The van der Waals surface area contributed by atoms with E-state index < -0.39 is 29.2 Å². The van der Waals surface area contributed by atoms with Gasteiger partial charge in [0.25, 0.3) is 0 Å². The number of nitrogens with zero attached hydrogens (tertiary/aromatic N) is 1. The number of rotatable bonds is 4. The smallest absolute Gasteiger partial charge is 0.206 e. The van der Waals surface area contributed by atoms with Gasteiger partial charge in [0, 0.05) is 23.1 Å². The predicted octanol–water partition coefficient (Wildman–Crippen LogP) is 5.97. The van der Waals surface area contributed by atoms with Crippen LogP contribution < -0.4 is 10.0 Å². The Morgan fingerprint density at radius 3 is 2.50 bits per heavy atom. The van der Waals surface area contributed by atoms with E-state index in [1.807, 2.05) is 0 Å². The summed E-state index contributed by atoms with van der Waals surface area (Å²) in [4.78, 5) is 5.00. The van der Waals surface area contributed by atoms with Crippen molar-refractivity contribution in [1.82, 2.24) is 4.72 Å². The molecule has 2 N–H and O–H groups in total. The first-order valence-electron chi connectivity index (χ1n) is 9.19. The number of benzene rings is 3. The second-order valence-corrected chi connectivity index (χ2v) is 7.66. The highest BCUT2D eigenvalue weighted by atomic mass is 32.2. The minimum atomic E-state index is -0.692. The lowest BCUT2D eigenvalue weighted by atomic mass is 9.91. The van der Waals surface area contributed by atoms with Gasteiger partial charge in [-0.3, -0.25) is 4.72 Å². The Kier molecular flexibility index (Phi) is 5.67. The summed E-state index contributed by atoms with van der Waals surface area (Å²) < 4.78 is 59.0. The summed E-state index contributed by atoms with van der Waals surface area (Å²) in [5, 5.41) is 3.04. The maximum Gasteiger partial charge on any atom is 0.206 e. The first-order chi connectivity index (χ1) is 14.4. The molecule has 30 heavy (non-hydrogen) atoms. The van der Waals surface area contributed by atoms with Crippen molar-refractivity contribution >= 4 is 23.6 Å². The van der Waals surface area contributed by atoms with Crippen molar-refractivity contribution in [2.24, 2.45) is 4.99 Å². The number of halogens is 4. The fraction of sp³-hybridized carbons (Fsp3) is 0.136. The van der Waals surface area contributed by atoms with Gasteiger partial charge in [-0.15, -0.1) is 0 Å². The summed E-state index contributed by atoms with van der Waals surface area (Å²) in [7, 11) is 0. The van der Waals surface area contributed by atoms with Crippen molar-refractivity contribution in [1.29, 1.82) is 0 Å². The minimum absolute atomic E-state index is 0.0368. The summed E-state index contributed by atoms with van der Waals surface area (Å²) in [6.07, 6.45) is 0. The number of hydrogen-bond acceptors (Lipinski definition) is 2. The standard InChI is InChI=1S/C22H17F4N3S/c1-12(15-4-2-3-5-16(15)24)20-17(25)8-9-19-21(20)28-22(29-30-19)27-11-13-6-7-14(23)10-18(13)26/h2-10,12H,11H2,1H3,(H2,27,28,29)/t12-/m1/s1. The van der Waals surface area contributed by atoms with Gasteiger partial charge in [0.05, 0.1) is 17.1 Å². The molecule has 0 amide bonds. The van der Waals surface area contributed by atoms with E-state index in [-0.39, 0.29) is 12.1 Å². The van der Waals surface area contributed by atoms with Crippen LogP contribution in [0.4, 0.5) is 23.2 Å². The molecule has 0 aromatic heterocycles. The number of guanidine groups is 1. The van der Waals surface area contributed by atoms with Crippen LogP contribution in [0.3, 0.4) is 0 Å². The predicted molar refractivity (Wildman–Crippen MR) is 110 cm³/mol. The number of hydrogen-bond donors (Lipinski definition) is 2. The maximum atomic E-state index is 14.8. The number of nitrogens with one attached hydrogen (secondary N) is 2. The van der Waals surface area contributed by atoms with Gasteiger partial charge in [0.1, 0.15) is 23.3 Å². The molecule has 8 heteroatoms. The van der Waals surface area contributed by atoms with E-state index in [0.717, 1.165) is 17.0 Å². The highest BCUT2D eigenvalue weighted by Crippen LogP contribution is 2.40. The van der Waals surface area contributed by atoms with E-state index in [0.29, 0.717) is 22.8 Å². The molecule has 1 aliphatic rings. The molecular formula is C22H17F4N3S. The largest absolute Gasteiger partial charge is 0.324 e. The van der Waals surface area contributed by atoms with Crippen molar-refractivity contribution < 1.29 is 17.6 Å². The molecule has 3 aromatic carbocycles. The zero-order valence-corrected chi connectivity index (χ0v) is 16.7. The van der Waals surface area contributed by atoms with Crippen LogP contribution >= 0.6 is 11.9 Å². The lowest BCUT2D eigenvalue weighted by Crippen LogP contribution is -2.30. The fourth-order valence-corrected chi connectivity index (χ4v) is 4.05. The van der Waals surface area contributed by atoms with Crippen molar-refractivity contribution in [2.75, 3.05) is 5.32 Å². The Morgan fingerprint density at radius 2 is 1.73 bits per heavy atom. The number of aliphatic imine (C=N–C) groups is 1. The van der Waals surface area contributed by atoms with E-state index in [4.69, 9.17) is 0 Å². The first-order valence-corrected chi connectivity index (χ1v) is 10.0. The van der Waals surface area contributed by atoms with Crippen LogP contribution in [-0.2, 0) is 6.54 Å². The van der Waals surface area contributed by atoms with Gasteiger partial charge in [-0.2, -0.15) is 0 Å². The Labute approximate surface area is 175 Å². The van der Waals surface area contributed by atoms with Crippen LogP contribution in [0, 0.1) is 23.3 Å². The van der Waals surface area contributed by atoms with Crippen LogP contribution in [0.15, 0.2) is 64.5 Å². The molecule has 0 unspecified atom stereocenters. The topological polar surface area (TPSA) is 36.4 Å². The molecule has 0 saturated heterocycles. The average Bonchev–Trinajstić information content (AvgIpc) is 2.73. The van der Waals surface area contributed by atoms with Crippen LogP contribution in [-0.4, -0.2) is 5.96 Å². The number of fused-ring (bicyclic) bond motifs is 1. The van der Waals surface area contributed by atoms with E-state index in [2.05, 4.69) is 15.0 Å². The van der Waals surface area contributed by atoms with Crippen LogP contribution in [0.1, 0.15) is 29.5 Å². The van der Waals surface area contributed by atoms with Crippen LogP contribution in [0.2, 0.25) is 0 Å². The van der Waals surface area contributed by atoms with Crippen molar-refractivity contribution in [3.05, 3.63) is 94.6 Å². The van der Waals surface area contributed by atoms with E-state index in [9.17, 15) is 17.6 Å². The van der Waals surface area contributed by atoms with Gasteiger partial charge in [-0.1, -0.05) is 31.2 Å². The Balaban J connectivity index is 1.66. The SMILES string of the molecule is C[C@H](c1ccccc1F)c1c(F)ccc2c1NC(=NCc1ccc(F)cc1F)NS2. The molecule has 0 spiro atoms. The second kappa shape index (κ2) is 8.39. The molecule has 0 radical (unpaired) electrons. The summed E-state index contributed by atoms with van der Waals surface area (Å²) in [5.41, 5.74) is 1.39. The van der Waals surface area contributed by atoms with Gasteiger partial charge in [0.15, 0.2) is 0 Å². The zero-order chi connectivity index (χ0) is 21.3. The third-order valence-electron chi connectivity index (χ3n) is 4.88. The van der Waals surface area contributed by atoms with Gasteiger partial charge >= 0.3 is 0 Å². The molecule has 0 saturated carbocycles. The minimum Gasteiger partial charge on any atom is -0.324 e. The molecule has 1 aliphatic heterocycles. The van der Waals surface area contributed by atoms with Crippen molar-refractivity contribution in [3.63, 3.8) is 0 Å². The Morgan fingerprint density at radius 1 is 0.933 bits per heavy atom. The van der Waals surface area contributed by atoms with E-state index >= 15 is 0 Å². The molecule has 0 aliphatic carbocycles. The quantitative estimate of drug-likeness (QED) is 0.395. The Hall–Kier alpha value is -3.00. The molecule has 1 heterocycles. The highest BCUT2D eigenvalue weighted by Gasteiger charge is 2.26. The van der Waals surface area contributed by atoms with Crippen molar-refractivity contribution in [3.8, 4) is 0 Å². The monoisotopic (exact) mass is 431 g/mol. The molecule has 3 aromatic rings. The molecule has 1 atom stereocenters. The van der Waals surface area contributed by atoms with Gasteiger partial charge in [-0.25, -0.2) is 22.6 Å². The van der Waals surface area contributed by atoms with Gasteiger partial charge in [-0.05, 0) is 41.8 Å². The molecule has 4 rings (SSSR count).